The third-order valence-electron chi connectivity index (χ3n) is 3.08. The predicted molar refractivity (Wildman–Crippen MR) is 86.9 cm³/mol. The zero-order chi connectivity index (χ0) is 14.0. The largest absolute Gasteiger partial charge is 0.408 e. The lowest BCUT2D eigenvalue weighted by Crippen LogP contribution is -2.49. The SMILES string of the molecule is Cl.Cl.FC(F)(F)[C@@H](c1cc(Cl)ccc1Br)N1CCNCC1. The molecule has 0 aromatic heterocycles. The van der Waals surface area contributed by atoms with Crippen molar-refractivity contribution < 1.29 is 13.2 Å². The third-order valence-corrected chi connectivity index (χ3v) is 4.04. The molecule has 1 aromatic carbocycles. The van der Waals surface area contributed by atoms with E-state index in [0.717, 1.165) is 0 Å². The van der Waals surface area contributed by atoms with Crippen LogP contribution in [0, 0.1) is 0 Å². The Kier molecular flexibility index (Phi) is 8.91. The van der Waals surface area contributed by atoms with Gasteiger partial charge in [0.1, 0.15) is 6.04 Å². The van der Waals surface area contributed by atoms with Crippen LogP contribution in [-0.2, 0) is 0 Å². The van der Waals surface area contributed by atoms with Crippen LogP contribution in [-0.4, -0.2) is 37.3 Å². The summed E-state index contributed by atoms with van der Waals surface area (Å²) in [7, 11) is 0. The monoisotopic (exact) mass is 428 g/mol. The molecule has 9 heteroatoms. The number of nitrogens with one attached hydrogen (secondary N) is 1. The summed E-state index contributed by atoms with van der Waals surface area (Å²) >= 11 is 9.02. The van der Waals surface area contributed by atoms with E-state index in [4.69, 9.17) is 11.6 Å². The highest BCUT2D eigenvalue weighted by atomic mass is 79.9. The second-order valence-corrected chi connectivity index (χ2v) is 5.69. The number of piperazine rings is 1. The molecule has 1 atom stereocenters. The van der Waals surface area contributed by atoms with Crippen molar-refractivity contribution in [1.29, 1.82) is 0 Å². The summed E-state index contributed by atoms with van der Waals surface area (Å²) in [6.07, 6.45) is -4.33. The second-order valence-electron chi connectivity index (χ2n) is 4.40. The van der Waals surface area contributed by atoms with Gasteiger partial charge in [-0.15, -0.1) is 24.8 Å². The number of rotatable bonds is 2. The first-order valence-electron chi connectivity index (χ1n) is 5.86. The average Bonchev–Trinajstić information content (AvgIpc) is 2.33. The van der Waals surface area contributed by atoms with Crippen molar-refractivity contribution in [3.63, 3.8) is 0 Å². The lowest BCUT2D eigenvalue weighted by atomic mass is 10.0. The van der Waals surface area contributed by atoms with Crippen molar-refractivity contribution in [3.05, 3.63) is 33.3 Å². The van der Waals surface area contributed by atoms with E-state index < -0.39 is 12.2 Å². The van der Waals surface area contributed by atoms with E-state index in [0.29, 0.717) is 35.7 Å². The summed E-state index contributed by atoms with van der Waals surface area (Å²) in [6.45, 7) is 1.85. The summed E-state index contributed by atoms with van der Waals surface area (Å²) in [4.78, 5) is 1.44. The van der Waals surface area contributed by atoms with Gasteiger partial charge < -0.3 is 5.32 Å². The lowest BCUT2D eigenvalue weighted by Gasteiger charge is -2.36. The molecule has 1 fully saturated rings. The zero-order valence-electron chi connectivity index (χ0n) is 10.8. The van der Waals surface area contributed by atoms with Crippen LogP contribution in [0.5, 0.6) is 0 Å². The number of nitrogens with zero attached hydrogens (tertiary/aromatic N) is 1. The van der Waals surface area contributed by atoms with Crippen molar-refractivity contribution in [2.75, 3.05) is 26.2 Å². The minimum atomic E-state index is -4.33. The number of halogens is 7. The molecule has 0 aliphatic carbocycles. The molecule has 0 amide bonds. The maximum Gasteiger partial charge on any atom is 0.408 e. The van der Waals surface area contributed by atoms with Gasteiger partial charge in [0.2, 0.25) is 0 Å². The average molecular weight is 431 g/mol. The van der Waals surface area contributed by atoms with E-state index in [2.05, 4.69) is 21.2 Å². The maximum absolute atomic E-state index is 13.4. The minimum absolute atomic E-state index is 0. The molecular formula is C12H15BrCl3F3N2. The van der Waals surface area contributed by atoms with Crippen molar-refractivity contribution in [1.82, 2.24) is 10.2 Å². The van der Waals surface area contributed by atoms with Crippen LogP contribution in [0.3, 0.4) is 0 Å². The predicted octanol–water partition coefficient (Wildman–Crippen LogP) is 4.45. The van der Waals surface area contributed by atoms with Gasteiger partial charge in [-0.25, -0.2) is 0 Å². The normalized spacial score (nSPS) is 17.6. The van der Waals surface area contributed by atoms with E-state index in [1.165, 1.54) is 11.0 Å². The van der Waals surface area contributed by atoms with Crippen molar-refractivity contribution in [3.8, 4) is 0 Å². The molecule has 1 heterocycles. The number of hydrogen-bond acceptors (Lipinski definition) is 2. The van der Waals surface area contributed by atoms with E-state index in [9.17, 15) is 13.2 Å². The molecule has 1 N–H and O–H groups in total. The summed E-state index contributed by atoms with van der Waals surface area (Å²) in [5, 5.41) is 3.36. The van der Waals surface area contributed by atoms with Gasteiger partial charge in [-0.2, -0.15) is 13.2 Å². The molecule has 1 aliphatic heterocycles. The molecular weight excluding hydrogens is 415 g/mol. The smallest absolute Gasteiger partial charge is 0.314 e. The molecule has 21 heavy (non-hydrogen) atoms. The Morgan fingerprint density at radius 3 is 2.29 bits per heavy atom. The first-order chi connectivity index (χ1) is 8.89. The molecule has 0 bridgehead atoms. The molecule has 2 rings (SSSR count). The van der Waals surface area contributed by atoms with Crippen molar-refractivity contribution in [2.45, 2.75) is 12.2 Å². The number of hydrogen-bond donors (Lipinski definition) is 1. The Balaban J connectivity index is 0.00000200. The minimum Gasteiger partial charge on any atom is -0.314 e. The Morgan fingerprint density at radius 1 is 1.19 bits per heavy atom. The molecule has 122 valence electrons. The fourth-order valence-electron chi connectivity index (χ4n) is 2.24. The van der Waals surface area contributed by atoms with E-state index in [1.54, 1.807) is 12.1 Å². The number of benzene rings is 1. The first-order valence-corrected chi connectivity index (χ1v) is 7.03. The van der Waals surface area contributed by atoms with Gasteiger partial charge in [0, 0.05) is 35.7 Å². The highest BCUT2D eigenvalue weighted by Crippen LogP contribution is 2.41. The quantitative estimate of drug-likeness (QED) is 0.746. The Hall–Kier alpha value is 0.280. The first kappa shape index (κ1) is 21.3. The third kappa shape index (κ3) is 5.44. The Morgan fingerprint density at radius 2 is 1.76 bits per heavy atom. The van der Waals surface area contributed by atoms with Gasteiger partial charge in [0.05, 0.1) is 0 Å². The van der Waals surface area contributed by atoms with Crippen LogP contribution < -0.4 is 5.32 Å². The van der Waals surface area contributed by atoms with Crippen LogP contribution in [0.4, 0.5) is 13.2 Å². The van der Waals surface area contributed by atoms with Gasteiger partial charge in [-0.3, -0.25) is 4.90 Å². The van der Waals surface area contributed by atoms with Gasteiger partial charge in [-0.05, 0) is 23.8 Å². The Bertz CT molecular complexity index is 454. The van der Waals surface area contributed by atoms with Gasteiger partial charge >= 0.3 is 6.18 Å². The molecule has 0 saturated carbocycles. The molecule has 2 nitrogen and oxygen atoms in total. The second kappa shape index (κ2) is 8.79. The molecule has 0 spiro atoms. The van der Waals surface area contributed by atoms with Gasteiger partial charge in [0.25, 0.3) is 0 Å². The summed E-state index contributed by atoms with van der Waals surface area (Å²) in [5.74, 6) is 0. The van der Waals surface area contributed by atoms with Crippen LogP contribution in [0.15, 0.2) is 22.7 Å². The Labute approximate surface area is 147 Å². The molecule has 0 unspecified atom stereocenters. The van der Waals surface area contributed by atoms with E-state index in [-0.39, 0.29) is 30.4 Å². The van der Waals surface area contributed by atoms with Gasteiger partial charge in [0.15, 0.2) is 0 Å². The lowest BCUT2D eigenvalue weighted by molar-refractivity contribution is -0.188. The fraction of sp³-hybridized carbons (Fsp3) is 0.500. The summed E-state index contributed by atoms with van der Waals surface area (Å²) in [5.41, 5.74) is 0.168. The summed E-state index contributed by atoms with van der Waals surface area (Å²) in [6, 6.07) is 2.88. The van der Waals surface area contributed by atoms with E-state index in [1.807, 2.05) is 0 Å². The van der Waals surface area contributed by atoms with E-state index >= 15 is 0 Å². The molecule has 1 aliphatic rings. The van der Waals surface area contributed by atoms with Crippen LogP contribution in [0.25, 0.3) is 0 Å². The fourth-order valence-corrected chi connectivity index (χ4v) is 2.89. The van der Waals surface area contributed by atoms with Crippen LogP contribution in [0.1, 0.15) is 11.6 Å². The molecule has 0 radical (unpaired) electrons. The standard InChI is InChI=1S/C12H13BrClF3N2.2ClH/c13-10-2-1-8(14)7-9(10)11(12(15,16)17)19-5-3-18-4-6-19;;/h1-2,7,11,18H,3-6H2;2*1H/t11-;;/m1../s1. The topological polar surface area (TPSA) is 15.3 Å². The van der Waals surface area contributed by atoms with Crippen LogP contribution >= 0.6 is 52.3 Å². The molecule has 1 saturated heterocycles. The molecule has 1 aromatic rings. The highest BCUT2D eigenvalue weighted by molar-refractivity contribution is 9.10. The zero-order valence-corrected chi connectivity index (χ0v) is 14.8. The maximum atomic E-state index is 13.4. The van der Waals surface area contributed by atoms with Crippen molar-refractivity contribution >= 4 is 52.3 Å². The number of alkyl halides is 3. The van der Waals surface area contributed by atoms with Gasteiger partial charge in [-0.1, -0.05) is 27.5 Å². The summed E-state index contributed by atoms with van der Waals surface area (Å²) < 4.78 is 40.6. The van der Waals surface area contributed by atoms with Crippen molar-refractivity contribution in [2.24, 2.45) is 0 Å². The highest BCUT2D eigenvalue weighted by Gasteiger charge is 2.45. The van der Waals surface area contributed by atoms with Crippen LogP contribution in [0.2, 0.25) is 5.02 Å².